The summed E-state index contributed by atoms with van der Waals surface area (Å²) in [6, 6.07) is 8.57. The Balaban J connectivity index is 2.33. The lowest BCUT2D eigenvalue weighted by atomic mass is 9.95. The summed E-state index contributed by atoms with van der Waals surface area (Å²) in [5.41, 5.74) is 1.30. The second kappa shape index (κ2) is 13.5. The van der Waals surface area contributed by atoms with Crippen LogP contribution in [0.2, 0.25) is 0 Å². The number of hydrogen-bond acceptors (Lipinski definition) is 3. The van der Waals surface area contributed by atoms with Crippen LogP contribution in [0.15, 0.2) is 24.3 Å². The van der Waals surface area contributed by atoms with E-state index in [9.17, 15) is 4.79 Å². The first-order valence-corrected chi connectivity index (χ1v) is 10.3. The second-order valence-electron chi connectivity index (χ2n) is 6.31. The average molecular weight is 446 g/mol. The van der Waals surface area contributed by atoms with Gasteiger partial charge in [0.1, 0.15) is 0 Å². The van der Waals surface area contributed by atoms with Crippen LogP contribution in [-0.4, -0.2) is 19.4 Å². The fraction of sp³-hybridized carbons (Fsp3) is 0.650. The normalized spacial score (nSPS) is 12.0. The van der Waals surface area contributed by atoms with E-state index in [1.165, 1.54) is 22.0 Å². The molecular formula is C20H31IO3. The summed E-state index contributed by atoms with van der Waals surface area (Å²) in [4.78, 5) is 11.7. The molecule has 1 aromatic rings. The maximum absolute atomic E-state index is 11.7. The molecule has 1 aromatic carbocycles. The highest BCUT2D eigenvalue weighted by Gasteiger charge is 2.13. The highest BCUT2D eigenvalue weighted by Crippen LogP contribution is 2.17. The smallest absolute Gasteiger partial charge is 0.434 e. The topological polar surface area (TPSA) is 35.5 Å². The molecule has 0 aromatic heterocycles. The molecule has 0 spiro atoms. The maximum atomic E-state index is 11.7. The molecule has 0 N–H and O–H groups in total. The van der Waals surface area contributed by atoms with Crippen molar-refractivity contribution in [2.24, 2.45) is 5.92 Å². The zero-order chi connectivity index (χ0) is 17.6. The van der Waals surface area contributed by atoms with Crippen LogP contribution in [0.3, 0.4) is 0 Å². The lowest BCUT2D eigenvalue weighted by Crippen LogP contribution is -2.17. The number of halogens is 1. The third kappa shape index (κ3) is 10.2. The minimum absolute atomic E-state index is 0.359. The van der Waals surface area contributed by atoms with E-state index >= 15 is 0 Å². The Morgan fingerprint density at radius 3 is 2.38 bits per heavy atom. The van der Waals surface area contributed by atoms with Crippen LogP contribution in [0.5, 0.6) is 0 Å². The molecule has 24 heavy (non-hydrogen) atoms. The number of carbonyl (C=O) groups excluding carboxylic acids is 1. The first-order valence-electron chi connectivity index (χ1n) is 9.19. The van der Waals surface area contributed by atoms with E-state index in [2.05, 4.69) is 60.7 Å². The Morgan fingerprint density at radius 2 is 1.71 bits per heavy atom. The number of carbonyl (C=O) groups is 1. The second-order valence-corrected chi connectivity index (χ2v) is 7.55. The van der Waals surface area contributed by atoms with Crippen LogP contribution in [0.25, 0.3) is 0 Å². The molecule has 1 atom stereocenters. The Bertz CT molecular complexity index is 445. The minimum atomic E-state index is -0.518. The fourth-order valence-electron chi connectivity index (χ4n) is 2.60. The summed E-state index contributed by atoms with van der Waals surface area (Å²) in [7, 11) is 0. The molecule has 0 amide bonds. The van der Waals surface area contributed by atoms with Crippen LogP contribution in [-0.2, 0) is 15.9 Å². The molecule has 0 aliphatic heterocycles. The van der Waals surface area contributed by atoms with Crippen molar-refractivity contribution in [2.45, 2.75) is 65.2 Å². The van der Waals surface area contributed by atoms with Crippen molar-refractivity contribution < 1.29 is 14.3 Å². The lowest BCUT2D eigenvalue weighted by Gasteiger charge is -2.17. The Hall–Kier alpha value is -0.780. The van der Waals surface area contributed by atoms with Crippen LogP contribution in [0.4, 0.5) is 4.79 Å². The van der Waals surface area contributed by atoms with Crippen molar-refractivity contribution in [3.05, 3.63) is 33.4 Å². The van der Waals surface area contributed by atoms with Crippen molar-refractivity contribution in [3.8, 4) is 0 Å². The van der Waals surface area contributed by atoms with Crippen LogP contribution in [0, 0.1) is 9.49 Å². The number of unbranched alkanes of at least 4 members (excludes halogenated alkanes) is 4. The zero-order valence-corrected chi connectivity index (χ0v) is 17.2. The van der Waals surface area contributed by atoms with Crippen molar-refractivity contribution in [1.29, 1.82) is 0 Å². The van der Waals surface area contributed by atoms with Crippen LogP contribution in [0.1, 0.15) is 64.4 Å². The third-order valence-electron chi connectivity index (χ3n) is 4.06. The van der Waals surface area contributed by atoms with E-state index in [1.807, 2.05) is 0 Å². The molecule has 0 bridgehead atoms. The van der Waals surface area contributed by atoms with Gasteiger partial charge in [0.05, 0.1) is 13.2 Å². The summed E-state index contributed by atoms with van der Waals surface area (Å²) >= 11 is 2.31. The van der Waals surface area contributed by atoms with Gasteiger partial charge in [0.2, 0.25) is 0 Å². The van der Waals surface area contributed by atoms with Gasteiger partial charge in [-0.3, -0.25) is 0 Å². The molecule has 0 aliphatic carbocycles. The first-order chi connectivity index (χ1) is 11.7. The van der Waals surface area contributed by atoms with Gasteiger partial charge in [0.15, 0.2) is 0 Å². The predicted molar refractivity (Wildman–Crippen MR) is 107 cm³/mol. The largest absolute Gasteiger partial charge is 0.508 e. The molecule has 0 radical (unpaired) electrons. The quantitative estimate of drug-likeness (QED) is 0.213. The fourth-order valence-corrected chi connectivity index (χ4v) is 2.96. The van der Waals surface area contributed by atoms with E-state index in [0.717, 1.165) is 38.5 Å². The number of rotatable bonds is 12. The molecule has 3 nitrogen and oxygen atoms in total. The van der Waals surface area contributed by atoms with Gasteiger partial charge in [-0.25, -0.2) is 4.79 Å². The molecular weight excluding hydrogens is 415 g/mol. The molecule has 1 unspecified atom stereocenters. The summed E-state index contributed by atoms with van der Waals surface area (Å²) in [6.07, 6.45) is 8.22. The van der Waals surface area contributed by atoms with Gasteiger partial charge in [-0.2, -0.15) is 0 Å². The third-order valence-corrected chi connectivity index (χ3v) is 4.78. The van der Waals surface area contributed by atoms with Gasteiger partial charge in [-0.1, -0.05) is 58.1 Å². The van der Waals surface area contributed by atoms with E-state index in [0.29, 0.717) is 19.1 Å². The highest BCUT2D eigenvalue weighted by atomic mass is 127. The summed E-state index contributed by atoms with van der Waals surface area (Å²) in [6.45, 7) is 5.27. The highest BCUT2D eigenvalue weighted by molar-refractivity contribution is 14.1. The van der Waals surface area contributed by atoms with E-state index in [-0.39, 0.29) is 0 Å². The molecule has 136 valence electrons. The van der Waals surface area contributed by atoms with Crippen molar-refractivity contribution >= 4 is 28.7 Å². The van der Waals surface area contributed by atoms with Gasteiger partial charge in [0, 0.05) is 3.57 Å². The average Bonchev–Trinajstić information content (AvgIpc) is 2.59. The van der Waals surface area contributed by atoms with Crippen molar-refractivity contribution in [1.82, 2.24) is 0 Å². The lowest BCUT2D eigenvalue weighted by molar-refractivity contribution is 0.0420. The van der Waals surface area contributed by atoms with E-state index in [1.54, 1.807) is 0 Å². The molecule has 0 heterocycles. The first kappa shape index (κ1) is 21.3. The summed E-state index contributed by atoms with van der Waals surface area (Å²) in [5.74, 6) is 0.359. The zero-order valence-electron chi connectivity index (χ0n) is 15.1. The van der Waals surface area contributed by atoms with E-state index in [4.69, 9.17) is 9.47 Å². The molecule has 1 rings (SSSR count). The van der Waals surface area contributed by atoms with Crippen LogP contribution < -0.4 is 0 Å². The van der Waals surface area contributed by atoms with Gasteiger partial charge in [-0.05, 0) is 65.5 Å². The number of benzene rings is 1. The molecule has 0 saturated heterocycles. The van der Waals surface area contributed by atoms with Gasteiger partial charge >= 0.3 is 6.16 Å². The predicted octanol–water partition coefficient (Wildman–Crippen LogP) is 6.37. The molecule has 0 aliphatic rings. The van der Waals surface area contributed by atoms with Crippen molar-refractivity contribution in [3.63, 3.8) is 0 Å². The van der Waals surface area contributed by atoms with E-state index < -0.39 is 6.16 Å². The van der Waals surface area contributed by atoms with Gasteiger partial charge in [0.25, 0.3) is 0 Å². The number of ether oxygens (including phenoxy) is 2. The van der Waals surface area contributed by atoms with Gasteiger partial charge in [-0.15, -0.1) is 0 Å². The molecule has 0 fully saturated rings. The Morgan fingerprint density at radius 1 is 1.00 bits per heavy atom. The van der Waals surface area contributed by atoms with Crippen molar-refractivity contribution in [2.75, 3.05) is 13.2 Å². The van der Waals surface area contributed by atoms with Gasteiger partial charge < -0.3 is 9.47 Å². The maximum Gasteiger partial charge on any atom is 0.508 e. The Kier molecular flexibility index (Phi) is 12.0. The summed E-state index contributed by atoms with van der Waals surface area (Å²) < 4.78 is 11.7. The molecule has 4 heteroatoms. The SMILES string of the molecule is CCCCCCOC(=O)OCC(CCCC)Cc1ccc(I)cc1. The Labute approximate surface area is 160 Å². The standard InChI is InChI=1S/C20H31IO3/c1-3-5-7-8-14-23-20(22)24-16-18(9-6-4-2)15-17-10-12-19(21)13-11-17/h10-13,18H,3-9,14-16H2,1-2H3. The monoisotopic (exact) mass is 446 g/mol. The number of hydrogen-bond donors (Lipinski definition) is 0. The molecule has 0 saturated carbocycles. The minimum Gasteiger partial charge on any atom is -0.434 e. The summed E-state index contributed by atoms with van der Waals surface area (Å²) in [5, 5.41) is 0. The van der Waals surface area contributed by atoms with Crippen LogP contribution >= 0.6 is 22.6 Å².